The van der Waals surface area contributed by atoms with Crippen molar-refractivity contribution in [2.75, 3.05) is 7.11 Å². The first-order valence-corrected chi connectivity index (χ1v) is 8.18. The fourth-order valence-corrected chi connectivity index (χ4v) is 2.99. The summed E-state index contributed by atoms with van der Waals surface area (Å²) in [5.74, 6) is 0.255. The van der Waals surface area contributed by atoms with Gasteiger partial charge in [-0.25, -0.2) is 4.98 Å². The number of aryl methyl sites for hydroxylation is 1. The van der Waals surface area contributed by atoms with Crippen molar-refractivity contribution in [1.82, 2.24) is 9.55 Å². The molecule has 0 saturated carbocycles. The Bertz CT molecular complexity index is 1070. The molecule has 0 bridgehead atoms. The second kappa shape index (κ2) is 7.64. The molecule has 0 fully saturated rings. The van der Waals surface area contributed by atoms with Gasteiger partial charge in [0.1, 0.15) is 6.07 Å². The predicted molar refractivity (Wildman–Crippen MR) is 98.8 cm³/mol. The topological polar surface area (TPSA) is 60.1 Å². The molecule has 138 valence electrons. The van der Waals surface area contributed by atoms with Crippen LogP contribution in [0.2, 0.25) is 5.02 Å². The number of imidazole rings is 1. The molecule has 0 radical (unpaired) electrons. The number of aromatic nitrogens is 2. The van der Waals surface area contributed by atoms with Gasteiger partial charge in [0.25, 0.3) is 0 Å². The molecule has 1 heterocycles. The Morgan fingerprint density at radius 3 is 2.70 bits per heavy atom. The number of rotatable bonds is 5. The number of fused-ring (bicyclic) bond motifs is 1. The highest BCUT2D eigenvalue weighted by atomic mass is 35.5. The first-order valence-electron chi connectivity index (χ1n) is 7.80. The molecule has 3 aromatic rings. The highest BCUT2D eigenvalue weighted by Crippen LogP contribution is 2.38. The van der Waals surface area contributed by atoms with E-state index >= 15 is 0 Å². The first kappa shape index (κ1) is 18.7. The van der Waals surface area contributed by atoms with E-state index in [-0.39, 0.29) is 22.1 Å². The van der Waals surface area contributed by atoms with Gasteiger partial charge in [-0.15, -0.1) is 0 Å². The smallest absolute Gasteiger partial charge is 0.387 e. The highest BCUT2D eigenvalue weighted by molar-refractivity contribution is 6.32. The van der Waals surface area contributed by atoms with Crippen molar-refractivity contribution in [1.29, 1.82) is 5.26 Å². The summed E-state index contributed by atoms with van der Waals surface area (Å²) in [6.07, 6.45) is 1.56. The molecule has 2 aromatic carbocycles. The quantitative estimate of drug-likeness (QED) is 0.582. The van der Waals surface area contributed by atoms with Gasteiger partial charge in [0.05, 0.1) is 28.7 Å². The van der Waals surface area contributed by atoms with Gasteiger partial charge < -0.3 is 14.0 Å². The van der Waals surface area contributed by atoms with Crippen LogP contribution < -0.4 is 9.47 Å². The normalized spacial score (nSPS) is 11.7. The molecule has 27 heavy (non-hydrogen) atoms. The number of hydrogen-bond acceptors (Lipinski definition) is 4. The Kier molecular flexibility index (Phi) is 5.28. The number of alkyl halides is 2. The molecule has 8 heteroatoms. The van der Waals surface area contributed by atoms with Crippen LogP contribution in [0.1, 0.15) is 11.4 Å². The number of benzene rings is 2. The van der Waals surface area contributed by atoms with Gasteiger partial charge in [0, 0.05) is 7.05 Å². The standard InChI is InChI=1S/C19H14ClF2N3O2/c1-25-15-6-4-3-5-14(15)24-18(25)12(10-23)7-11-8-13(20)17(27-19(21)22)16(9-11)26-2/h3-9,19H,1-2H3/b12-7+. The minimum Gasteiger partial charge on any atom is -0.493 e. The number of nitrogens with zero attached hydrogens (tertiary/aromatic N) is 3. The Balaban J connectivity index is 2.09. The van der Waals surface area contributed by atoms with E-state index in [0.717, 1.165) is 11.0 Å². The number of hydrogen-bond donors (Lipinski definition) is 0. The van der Waals surface area contributed by atoms with Crippen LogP contribution in [0.3, 0.4) is 0 Å². The summed E-state index contributed by atoms with van der Waals surface area (Å²) >= 11 is 6.05. The third kappa shape index (κ3) is 3.71. The molecule has 0 unspecified atom stereocenters. The van der Waals surface area contributed by atoms with Crippen LogP contribution in [-0.4, -0.2) is 23.3 Å². The lowest BCUT2D eigenvalue weighted by Gasteiger charge is -2.12. The zero-order valence-electron chi connectivity index (χ0n) is 14.4. The van der Waals surface area contributed by atoms with Crippen molar-refractivity contribution in [3.63, 3.8) is 0 Å². The van der Waals surface area contributed by atoms with Crippen LogP contribution >= 0.6 is 11.6 Å². The number of ether oxygens (including phenoxy) is 2. The maximum absolute atomic E-state index is 12.5. The second-order valence-corrected chi connectivity index (χ2v) is 5.97. The van der Waals surface area contributed by atoms with Crippen LogP contribution in [0.25, 0.3) is 22.7 Å². The summed E-state index contributed by atoms with van der Waals surface area (Å²) in [5.41, 5.74) is 2.41. The Morgan fingerprint density at radius 2 is 2.07 bits per heavy atom. The first-order chi connectivity index (χ1) is 12.9. The molecule has 1 aromatic heterocycles. The third-order valence-electron chi connectivity index (χ3n) is 3.92. The van der Waals surface area contributed by atoms with E-state index < -0.39 is 6.61 Å². The summed E-state index contributed by atoms with van der Waals surface area (Å²) in [6.45, 7) is -3.03. The molecule has 0 spiro atoms. The van der Waals surface area contributed by atoms with Gasteiger partial charge in [-0.2, -0.15) is 14.0 Å². The molecule has 5 nitrogen and oxygen atoms in total. The zero-order chi connectivity index (χ0) is 19.6. The molecule has 0 aliphatic carbocycles. The Hall–Kier alpha value is -3.11. The van der Waals surface area contributed by atoms with E-state index in [4.69, 9.17) is 16.3 Å². The molecular formula is C19H14ClF2N3O2. The lowest BCUT2D eigenvalue weighted by molar-refractivity contribution is -0.0511. The van der Waals surface area contributed by atoms with Gasteiger partial charge in [-0.05, 0) is 35.9 Å². The minimum absolute atomic E-state index is 0.0383. The van der Waals surface area contributed by atoms with E-state index in [1.165, 1.54) is 19.2 Å². The summed E-state index contributed by atoms with van der Waals surface area (Å²) in [5, 5.41) is 9.55. The van der Waals surface area contributed by atoms with Crippen molar-refractivity contribution in [3.8, 4) is 17.6 Å². The van der Waals surface area contributed by atoms with Crippen LogP contribution in [0.15, 0.2) is 36.4 Å². The zero-order valence-corrected chi connectivity index (χ0v) is 15.2. The number of para-hydroxylation sites is 2. The van der Waals surface area contributed by atoms with Crippen LogP contribution in [0.4, 0.5) is 8.78 Å². The average molecular weight is 390 g/mol. The van der Waals surface area contributed by atoms with Crippen LogP contribution in [0.5, 0.6) is 11.5 Å². The molecule has 0 N–H and O–H groups in total. The Labute approximate surface area is 159 Å². The van der Waals surface area contributed by atoms with Crippen LogP contribution in [-0.2, 0) is 7.05 Å². The number of halogens is 3. The van der Waals surface area contributed by atoms with E-state index in [1.807, 2.05) is 31.3 Å². The average Bonchev–Trinajstić information content (AvgIpc) is 2.98. The van der Waals surface area contributed by atoms with Crippen molar-refractivity contribution in [2.24, 2.45) is 7.05 Å². The van der Waals surface area contributed by atoms with Crippen molar-refractivity contribution >= 4 is 34.3 Å². The summed E-state index contributed by atoms with van der Waals surface area (Å²) in [6, 6.07) is 12.5. The summed E-state index contributed by atoms with van der Waals surface area (Å²) in [4.78, 5) is 4.49. The molecule has 3 rings (SSSR count). The van der Waals surface area contributed by atoms with Gasteiger partial charge >= 0.3 is 6.61 Å². The molecule has 0 atom stereocenters. The SMILES string of the molecule is COc1cc(/C=C(\C#N)c2nc3ccccc3n2C)cc(Cl)c1OC(F)F. The second-order valence-electron chi connectivity index (χ2n) is 5.57. The predicted octanol–water partition coefficient (Wildman–Crippen LogP) is 4.90. The number of allylic oxidation sites excluding steroid dienone is 1. The van der Waals surface area contributed by atoms with Crippen LogP contribution in [0, 0.1) is 11.3 Å². The van der Waals surface area contributed by atoms with Crippen molar-refractivity contribution < 1.29 is 18.3 Å². The molecule has 0 aliphatic heterocycles. The highest BCUT2D eigenvalue weighted by Gasteiger charge is 2.17. The third-order valence-corrected chi connectivity index (χ3v) is 4.20. The van der Waals surface area contributed by atoms with Gasteiger partial charge in [-0.1, -0.05) is 23.7 Å². The van der Waals surface area contributed by atoms with E-state index in [9.17, 15) is 14.0 Å². The minimum atomic E-state index is -3.03. The fourth-order valence-electron chi connectivity index (χ4n) is 2.73. The lowest BCUT2D eigenvalue weighted by atomic mass is 10.1. The summed E-state index contributed by atoms with van der Waals surface area (Å²) in [7, 11) is 3.12. The molecule has 0 saturated heterocycles. The van der Waals surface area contributed by atoms with Crippen molar-refractivity contribution in [3.05, 3.63) is 52.8 Å². The summed E-state index contributed by atoms with van der Waals surface area (Å²) < 4.78 is 36.4. The maximum Gasteiger partial charge on any atom is 0.387 e. The van der Waals surface area contributed by atoms with E-state index in [2.05, 4.69) is 15.8 Å². The van der Waals surface area contributed by atoms with E-state index in [1.54, 1.807) is 10.6 Å². The van der Waals surface area contributed by atoms with Gasteiger partial charge in [0.15, 0.2) is 17.3 Å². The Morgan fingerprint density at radius 1 is 1.33 bits per heavy atom. The van der Waals surface area contributed by atoms with Gasteiger partial charge in [-0.3, -0.25) is 0 Å². The van der Waals surface area contributed by atoms with E-state index in [0.29, 0.717) is 11.4 Å². The lowest BCUT2D eigenvalue weighted by Crippen LogP contribution is -2.04. The fraction of sp³-hybridized carbons (Fsp3) is 0.158. The largest absolute Gasteiger partial charge is 0.493 e. The number of nitriles is 1. The molecule has 0 amide bonds. The monoisotopic (exact) mass is 389 g/mol. The number of methoxy groups -OCH3 is 1. The van der Waals surface area contributed by atoms with Crippen molar-refractivity contribution in [2.45, 2.75) is 6.61 Å². The van der Waals surface area contributed by atoms with Gasteiger partial charge in [0.2, 0.25) is 0 Å². The maximum atomic E-state index is 12.5. The molecule has 0 aliphatic rings. The molecular weight excluding hydrogens is 376 g/mol.